The number of hydrogen-bond acceptors (Lipinski definition) is 6. The third kappa shape index (κ3) is 23.8. The minimum atomic E-state index is 0.0489. The Labute approximate surface area is 154 Å². The van der Waals surface area contributed by atoms with Crippen molar-refractivity contribution in [3.63, 3.8) is 0 Å². The van der Waals surface area contributed by atoms with Crippen LogP contribution in [-0.4, -0.2) is 77.8 Å². The van der Waals surface area contributed by atoms with Crippen LogP contribution in [0.5, 0.6) is 0 Å². The van der Waals surface area contributed by atoms with Crippen molar-refractivity contribution < 1.29 is 28.8 Å². The molecule has 0 fully saturated rings. The summed E-state index contributed by atoms with van der Waals surface area (Å²) in [7, 11) is 0. The molecule has 152 valence electrons. The first-order valence-corrected chi connectivity index (χ1v) is 9.91. The second-order valence-corrected chi connectivity index (χ2v) is 5.91. The molecule has 0 aliphatic heterocycles. The van der Waals surface area contributed by atoms with E-state index >= 15 is 0 Å². The number of aliphatic hydroxyl groups is 1. The summed E-state index contributed by atoms with van der Waals surface area (Å²) in [5.41, 5.74) is 0. The van der Waals surface area contributed by atoms with E-state index in [-0.39, 0.29) is 6.61 Å². The number of rotatable bonds is 22. The van der Waals surface area contributed by atoms with Gasteiger partial charge in [-0.15, -0.1) is 0 Å². The van der Waals surface area contributed by atoms with Crippen molar-refractivity contribution in [2.24, 2.45) is 0 Å². The first kappa shape index (κ1) is 24.8. The molecule has 0 radical (unpaired) electrons. The molecular weight excluding hydrogens is 324 g/mol. The van der Waals surface area contributed by atoms with Crippen LogP contribution >= 0.6 is 0 Å². The van der Waals surface area contributed by atoms with E-state index in [1.54, 1.807) is 0 Å². The van der Waals surface area contributed by atoms with Gasteiger partial charge in [0.1, 0.15) is 0 Å². The fourth-order valence-electron chi connectivity index (χ4n) is 2.21. The van der Waals surface area contributed by atoms with Crippen molar-refractivity contribution in [3.05, 3.63) is 0 Å². The zero-order valence-corrected chi connectivity index (χ0v) is 16.2. The number of unbranched alkanes of at least 4 members (excludes halogenated alkanes) is 6. The van der Waals surface area contributed by atoms with Crippen LogP contribution in [0.2, 0.25) is 0 Å². The molecule has 0 unspecified atom stereocenters. The smallest absolute Gasteiger partial charge is 0.0701 e. The Morgan fingerprint density at radius 1 is 0.440 bits per heavy atom. The van der Waals surface area contributed by atoms with Crippen molar-refractivity contribution in [2.75, 3.05) is 72.7 Å². The lowest BCUT2D eigenvalue weighted by Gasteiger charge is -2.07. The minimum Gasteiger partial charge on any atom is -0.394 e. The lowest BCUT2D eigenvalue weighted by molar-refractivity contribution is -0.0134. The van der Waals surface area contributed by atoms with Gasteiger partial charge in [0.25, 0.3) is 0 Å². The van der Waals surface area contributed by atoms with Crippen LogP contribution in [0.25, 0.3) is 0 Å². The van der Waals surface area contributed by atoms with E-state index in [1.807, 2.05) is 0 Å². The third-order valence-electron chi connectivity index (χ3n) is 3.62. The maximum atomic E-state index is 8.52. The zero-order chi connectivity index (χ0) is 18.3. The Balaban J connectivity index is 2.94. The van der Waals surface area contributed by atoms with Crippen molar-refractivity contribution in [1.29, 1.82) is 0 Å². The molecule has 1 N–H and O–H groups in total. The Kier molecular flexibility index (Phi) is 23.5. The van der Waals surface area contributed by atoms with Crippen LogP contribution in [0.1, 0.15) is 51.9 Å². The van der Waals surface area contributed by atoms with Crippen LogP contribution in [0.4, 0.5) is 0 Å². The molecule has 0 aromatic heterocycles. The molecule has 0 amide bonds. The van der Waals surface area contributed by atoms with Crippen molar-refractivity contribution >= 4 is 0 Å². The second-order valence-electron chi connectivity index (χ2n) is 5.91. The summed E-state index contributed by atoms with van der Waals surface area (Å²) in [6, 6.07) is 0. The molecule has 6 nitrogen and oxygen atoms in total. The van der Waals surface area contributed by atoms with E-state index in [0.29, 0.717) is 59.5 Å². The molecule has 0 aromatic rings. The van der Waals surface area contributed by atoms with Crippen LogP contribution in [-0.2, 0) is 23.7 Å². The second kappa shape index (κ2) is 23.8. The van der Waals surface area contributed by atoms with Crippen LogP contribution < -0.4 is 0 Å². The van der Waals surface area contributed by atoms with E-state index in [1.165, 1.54) is 38.5 Å². The lowest BCUT2D eigenvalue weighted by Crippen LogP contribution is -2.13. The number of ether oxygens (including phenoxy) is 5. The third-order valence-corrected chi connectivity index (χ3v) is 3.62. The highest BCUT2D eigenvalue weighted by atomic mass is 16.6. The van der Waals surface area contributed by atoms with E-state index in [9.17, 15) is 0 Å². The average molecular weight is 365 g/mol. The highest BCUT2D eigenvalue weighted by Gasteiger charge is 1.94. The molecule has 0 saturated heterocycles. The number of hydrogen-bond donors (Lipinski definition) is 1. The van der Waals surface area contributed by atoms with Gasteiger partial charge in [-0.25, -0.2) is 0 Å². The van der Waals surface area contributed by atoms with Gasteiger partial charge >= 0.3 is 0 Å². The highest BCUT2D eigenvalue weighted by Crippen LogP contribution is 2.06. The van der Waals surface area contributed by atoms with Gasteiger partial charge in [0.2, 0.25) is 0 Å². The molecule has 0 rings (SSSR count). The summed E-state index contributed by atoms with van der Waals surface area (Å²) in [6.45, 7) is 8.06. The molecule has 0 aliphatic carbocycles. The molecule has 0 spiro atoms. The molecule has 25 heavy (non-hydrogen) atoms. The summed E-state index contributed by atoms with van der Waals surface area (Å²) in [4.78, 5) is 0. The van der Waals surface area contributed by atoms with Gasteiger partial charge < -0.3 is 28.8 Å². The summed E-state index contributed by atoms with van der Waals surface area (Å²) in [5, 5.41) is 8.52. The first-order valence-electron chi connectivity index (χ1n) is 9.91. The summed E-state index contributed by atoms with van der Waals surface area (Å²) >= 11 is 0. The van der Waals surface area contributed by atoms with Crippen LogP contribution in [0.15, 0.2) is 0 Å². The Bertz CT molecular complexity index is 206. The molecule has 0 atom stereocenters. The van der Waals surface area contributed by atoms with E-state index in [4.69, 9.17) is 28.8 Å². The Hall–Kier alpha value is -0.240. The average Bonchev–Trinajstić information content (AvgIpc) is 2.63. The maximum Gasteiger partial charge on any atom is 0.0701 e. The SMILES string of the molecule is CCCCCCCCCOCCOCCOCCOCCOCCO. The normalized spacial score (nSPS) is 11.3. The fraction of sp³-hybridized carbons (Fsp3) is 1.00. The Morgan fingerprint density at radius 3 is 1.24 bits per heavy atom. The van der Waals surface area contributed by atoms with Crippen molar-refractivity contribution in [3.8, 4) is 0 Å². The Morgan fingerprint density at radius 2 is 0.800 bits per heavy atom. The van der Waals surface area contributed by atoms with Gasteiger partial charge in [-0.2, -0.15) is 0 Å². The van der Waals surface area contributed by atoms with Crippen molar-refractivity contribution in [2.45, 2.75) is 51.9 Å². The zero-order valence-electron chi connectivity index (χ0n) is 16.2. The predicted octanol–water partition coefficient (Wildman–Crippen LogP) is 2.81. The summed E-state index contributed by atoms with van der Waals surface area (Å²) in [5.74, 6) is 0. The van der Waals surface area contributed by atoms with Gasteiger partial charge in [-0.1, -0.05) is 45.4 Å². The van der Waals surface area contributed by atoms with Crippen LogP contribution in [0.3, 0.4) is 0 Å². The summed E-state index contributed by atoms with van der Waals surface area (Å²) < 4.78 is 26.8. The van der Waals surface area contributed by atoms with E-state index < -0.39 is 0 Å². The molecule has 0 saturated carbocycles. The largest absolute Gasteiger partial charge is 0.394 e. The summed E-state index contributed by atoms with van der Waals surface area (Å²) in [6.07, 6.45) is 9.16. The standard InChI is InChI=1S/C19H40O6/c1-2-3-4-5-6-7-8-10-21-12-14-23-16-18-25-19-17-24-15-13-22-11-9-20/h20H,2-19H2,1H3. The molecule has 6 heteroatoms. The molecular formula is C19H40O6. The molecule has 0 aliphatic rings. The quantitative estimate of drug-likeness (QED) is 0.298. The fourth-order valence-corrected chi connectivity index (χ4v) is 2.21. The number of aliphatic hydroxyl groups excluding tert-OH is 1. The minimum absolute atomic E-state index is 0.0489. The van der Waals surface area contributed by atoms with Gasteiger partial charge in [-0.3, -0.25) is 0 Å². The van der Waals surface area contributed by atoms with Gasteiger partial charge in [-0.05, 0) is 6.42 Å². The van der Waals surface area contributed by atoms with E-state index in [2.05, 4.69) is 6.92 Å². The van der Waals surface area contributed by atoms with Gasteiger partial charge in [0.05, 0.1) is 66.1 Å². The monoisotopic (exact) mass is 364 g/mol. The lowest BCUT2D eigenvalue weighted by atomic mass is 10.1. The van der Waals surface area contributed by atoms with Gasteiger partial charge in [0, 0.05) is 6.61 Å². The highest BCUT2D eigenvalue weighted by molar-refractivity contribution is 4.45. The molecule has 0 bridgehead atoms. The topological polar surface area (TPSA) is 66.4 Å². The van der Waals surface area contributed by atoms with Crippen LogP contribution in [0, 0.1) is 0 Å². The van der Waals surface area contributed by atoms with Gasteiger partial charge in [0.15, 0.2) is 0 Å². The predicted molar refractivity (Wildman–Crippen MR) is 99.2 cm³/mol. The van der Waals surface area contributed by atoms with E-state index in [0.717, 1.165) is 13.0 Å². The maximum absolute atomic E-state index is 8.52. The molecule has 0 aromatic carbocycles. The van der Waals surface area contributed by atoms with Crippen molar-refractivity contribution in [1.82, 2.24) is 0 Å². The first-order chi connectivity index (χ1) is 12.4. The molecule has 0 heterocycles.